The predicted molar refractivity (Wildman–Crippen MR) is 55.5 cm³/mol. The van der Waals surface area contributed by atoms with Crippen LogP contribution in [0.5, 0.6) is 0 Å². The van der Waals surface area contributed by atoms with Crippen molar-refractivity contribution in [3.05, 3.63) is 24.3 Å². The smallest absolute Gasteiger partial charge is 0.145 e. The van der Waals surface area contributed by atoms with Crippen molar-refractivity contribution < 1.29 is 4.79 Å². The molecule has 1 aliphatic rings. The Morgan fingerprint density at radius 2 is 2.46 bits per heavy atom. The number of hydrogen-bond donors (Lipinski definition) is 0. The number of rotatable bonds is 3. The van der Waals surface area contributed by atoms with Gasteiger partial charge in [0.2, 0.25) is 0 Å². The molecule has 1 nitrogen and oxygen atoms in total. The zero-order valence-corrected chi connectivity index (χ0v) is 8.55. The average molecular weight is 178 g/mol. The molecule has 0 aromatic heterocycles. The van der Waals surface area contributed by atoms with Crippen molar-refractivity contribution in [2.75, 3.05) is 0 Å². The van der Waals surface area contributed by atoms with Gasteiger partial charge in [0, 0.05) is 0 Å². The summed E-state index contributed by atoms with van der Waals surface area (Å²) in [5.74, 6) is 0.647. The van der Waals surface area contributed by atoms with Crippen molar-refractivity contribution >= 4 is 6.29 Å². The number of aldehydes is 1. The Morgan fingerprint density at radius 1 is 1.77 bits per heavy atom. The monoisotopic (exact) mass is 178 g/mol. The van der Waals surface area contributed by atoms with E-state index in [9.17, 15) is 4.79 Å². The van der Waals surface area contributed by atoms with Crippen molar-refractivity contribution in [1.29, 1.82) is 0 Å². The maximum atomic E-state index is 10.7. The topological polar surface area (TPSA) is 17.1 Å². The van der Waals surface area contributed by atoms with Crippen LogP contribution in [0.4, 0.5) is 0 Å². The third kappa shape index (κ3) is 2.09. The molecule has 0 radical (unpaired) electrons. The van der Waals surface area contributed by atoms with E-state index < -0.39 is 0 Å². The molecule has 1 aliphatic carbocycles. The highest BCUT2D eigenvalue weighted by Gasteiger charge is 2.31. The van der Waals surface area contributed by atoms with Crippen LogP contribution in [0, 0.1) is 11.3 Å². The van der Waals surface area contributed by atoms with E-state index in [0.717, 1.165) is 31.1 Å². The SMILES string of the molecule is C=CC[C@]1(C)C=C(C=O)CC[C@H]1C. The molecule has 0 aromatic rings. The van der Waals surface area contributed by atoms with Crippen LogP contribution in [-0.2, 0) is 4.79 Å². The van der Waals surface area contributed by atoms with Gasteiger partial charge in [-0.05, 0) is 36.2 Å². The highest BCUT2D eigenvalue weighted by atomic mass is 16.1. The fourth-order valence-corrected chi connectivity index (χ4v) is 2.01. The van der Waals surface area contributed by atoms with Gasteiger partial charge in [-0.3, -0.25) is 4.79 Å². The van der Waals surface area contributed by atoms with Crippen LogP contribution in [0.25, 0.3) is 0 Å². The first-order valence-electron chi connectivity index (χ1n) is 4.90. The van der Waals surface area contributed by atoms with Gasteiger partial charge in [0.05, 0.1) is 0 Å². The molecule has 0 saturated heterocycles. The molecular weight excluding hydrogens is 160 g/mol. The van der Waals surface area contributed by atoms with Gasteiger partial charge < -0.3 is 0 Å². The highest BCUT2D eigenvalue weighted by molar-refractivity contribution is 5.73. The van der Waals surface area contributed by atoms with Gasteiger partial charge in [-0.2, -0.15) is 0 Å². The minimum Gasteiger partial charge on any atom is -0.298 e. The van der Waals surface area contributed by atoms with Crippen molar-refractivity contribution in [2.45, 2.75) is 33.1 Å². The summed E-state index contributed by atoms with van der Waals surface area (Å²) in [5, 5.41) is 0. The summed E-state index contributed by atoms with van der Waals surface area (Å²) in [4.78, 5) is 10.7. The van der Waals surface area contributed by atoms with Crippen LogP contribution < -0.4 is 0 Å². The predicted octanol–water partition coefficient (Wildman–Crippen LogP) is 3.12. The maximum absolute atomic E-state index is 10.7. The number of carbonyl (C=O) groups is 1. The van der Waals surface area contributed by atoms with E-state index in [1.807, 2.05) is 6.08 Å². The lowest BCUT2D eigenvalue weighted by atomic mass is 9.68. The lowest BCUT2D eigenvalue weighted by Crippen LogP contribution is -2.26. The van der Waals surface area contributed by atoms with E-state index in [1.165, 1.54) is 0 Å². The summed E-state index contributed by atoms with van der Waals surface area (Å²) in [6, 6.07) is 0. The van der Waals surface area contributed by atoms with E-state index in [1.54, 1.807) is 0 Å². The first-order valence-corrected chi connectivity index (χ1v) is 4.90. The lowest BCUT2D eigenvalue weighted by molar-refractivity contribution is -0.105. The molecule has 72 valence electrons. The molecule has 0 fully saturated rings. The summed E-state index contributed by atoms with van der Waals surface area (Å²) >= 11 is 0. The normalized spacial score (nSPS) is 33.7. The van der Waals surface area contributed by atoms with Gasteiger partial charge in [-0.1, -0.05) is 26.0 Å². The Kier molecular flexibility index (Phi) is 3.07. The standard InChI is InChI=1S/C12H18O/c1-4-7-12(3)8-11(9-13)6-5-10(12)2/h4,8-10H,1,5-7H2,2-3H3/t10-,12-/m1/s1. The van der Waals surface area contributed by atoms with Gasteiger partial charge in [-0.15, -0.1) is 6.58 Å². The van der Waals surface area contributed by atoms with Crippen LogP contribution in [-0.4, -0.2) is 6.29 Å². The Hall–Kier alpha value is -0.850. The third-order valence-electron chi connectivity index (χ3n) is 3.24. The fourth-order valence-electron chi connectivity index (χ4n) is 2.01. The summed E-state index contributed by atoms with van der Waals surface area (Å²) in [5.41, 5.74) is 1.11. The van der Waals surface area contributed by atoms with Crippen molar-refractivity contribution in [1.82, 2.24) is 0 Å². The Labute approximate surface area is 80.5 Å². The molecule has 0 spiro atoms. The zero-order chi connectivity index (χ0) is 9.90. The molecular formula is C12H18O. The quantitative estimate of drug-likeness (QED) is 0.479. The lowest BCUT2D eigenvalue weighted by Gasteiger charge is -2.36. The van der Waals surface area contributed by atoms with E-state index in [2.05, 4.69) is 26.5 Å². The molecule has 2 atom stereocenters. The van der Waals surface area contributed by atoms with E-state index in [4.69, 9.17) is 0 Å². The molecule has 0 heterocycles. The highest BCUT2D eigenvalue weighted by Crippen LogP contribution is 2.41. The molecule has 1 rings (SSSR count). The first-order chi connectivity index (χ1) is 6.12. The second-order valence-electron chi connectivity index (χ2n) is 4.28. The minimum atomic E-state index is 0.149. The molecule has 0 aromatic carbocycles. The van der Waals surface area contributed by atoms with Gasteiger partial charge in [0.25, 0.3) is 0 Å². The molecule has 0 aliphatic heterocycles. The van der Waals surface area contributed by atoms with Crippen LogP contribution in [0.1, 0.15) is 33.1 Å². The van der Waals surface area contributed by atoms with Gasteiger partial charge in [0.15, 0.2) is 0 Å². The molecule has 0 saturated carbocycles. The summed E-state index contributed by atoms with van der Waals surface area (Å²) < 4.78 is 0. The second kappa shape index (κ2) is 3.91. The van der Waals surface area contributed by atoms with E-state index in [-0.39, 0.29) is 5.41 Å². The molecule has 13 heavy (non-hydrogen) atoms. The van der Waals surface area contributed by atoms with Gasteiger partial charge in [0.1, 0.15) is 6.29 Å². The summed E-state index contributed by atoms with van der Waals surface area (Å²) in [6.45, 7) is 8.23. The largest absolute Gasteiger partial charge is 0.298 e. The maximum Gasteiger partial charge on any atom is 0.145 e. The van der Waals surface area contributed by atoms with E-state index in [0.29, 0.717) is 5.92 Å². The zero-order valence-electron chi connectivity index (χ0n) is 8.55. The van der Waals surface area contributed by atoms with Crippen LogP contribution in [0.3, 0.4) is 0 Å². The molecule has 1 heteroatoms. The third-order valence-corrected chi connectivity index (χ3v) is 3.24. The summed E-state index contributed by atoms with van der Waals surface area (Å²) in [6.07, 6.45) is 8.10. The number of hydrogen-bond acceptors (Lipinski definition) is 1. The second-order valence-corrected chi connectivity index (χ2v) is 4.28. The first kappa shape index (κ1) is 10.2. The van der Waals surface area contributed by atoms with Crippen LogP contribution in [0.2, 0.25) is 0 Å². The molecule has 0 unspecified atom stereocenters. The van der Waals surface area contributed by atoms with Gasteiger partial charge >= 0.3 is 0 Å². The van der Waals surface area contributed by atoms with Crippen molar-refractivity contribution in [3.63, 3.8) is 0 Å². The molecule has 0 N–H and O–H groups in total. The van der Waals surface area contributed by atoms with Crippen LogP contribution >= 0.6 is 0 Å². The van der Waals surface area contributed by atoms with E-state index >= 15 is 0 Å². The molecule has 0 amide bonds. The fraction of sp³-hybridized carbons (Fsp3) is 0.583. The molecule has 0 bridgehead atoms. The Balaban J connectivity index is 2.89. The van der Waals surface area contributed by atoms with Gasteiger partial charge in [-0.25, -0.2) is 0 Å². The number of allylic oxidation sites excluding steroid dienone is 3. The minimum absolute atomic E-state index is 0.149. The Bertz CT molecular complexity index is 240. The van der Waals surface area contributed by atoms with Crippen LogP contribution in [0.15, 0.2) is 24.3 Å². The average Bonchev–Trinajstić information content (AvgIpc) is 2.10. The Morgan fingerprint density at radius 3 is 3.00 bits per heavy atom. The van der Waals surface area contributed by atoms with Crippen molar-refractivity contribution in [2.24, 2.45) is 11.3 Å². The number of carbonyl (C=O) groups excluding carboxylic acids is 1. The summed E-state index contributed by atoms with van der Waals surface area (Å²) in [7, 11) is 0. The van der Waals surface area contributed by atoms with Crippen molar-refractivity contribution in [3.8, 4) is 0 Å².